The number of nitrogens with zero attached hydrogens (tertiary/aromatic N) is 2. The maximum absolute atomic E-state index is 13.2. The second-order valence-corrected chi connectivity index (χ2v) is 8.12. The Balaban J connectivity index is 1.69. The topological polar surface area (TPSA) is 60.9 Å². The number of hydrogen-bond acceptors (Lipinski definition) is 5. The third-order valence-electron chi connectivity index (χ3n) is 5.79. The number of benzene rings is 3. The van der Waals surface area contributed by atoms with Crippen molar-refractivity contribution in [3.63, 3.8) is 0 Å². The second-order valence-electron chi connectivity index (χ2n) is 8.12. The highest BCUT2D eigenvalue weighted by Gasteiger charge is 2.17. The van der Waals surface area contributed by atoms with Gasteiger partial charge in [0.15, 0.2) is 11.5 Å². The Labute approximate surface area is 200 Å². The van der Waals surface area contributed by atoms with Crippen LogP contribution < -0.4 is 14.2 Å². The van der Waals surface area contributed by atoms with E-state index >= 15 is 0 Å². The molecule has 1 heterocycles. The van der Waals surface area contributed by atoms with Crippen molar-refractivity contribution in [1.29, 1.82) is 0 Å². The molecule has 4 rings (SSSR count). The van der Waals surface area contributed by atoms with E-state index in [-0.39, 0.29) is 5.91 Å². The van der Waals surface area contributed by atoms with E-state index in [1.807, 2.05) is 59.5 Å². The van der Waals surface area contributed by atoms with Crippen LogP contribution in [0.3, 0.4) is 0 Å². The van der Waals surface area contributed by atoms with Crippen molar-refractivity contribution < 1.29 is 19.0 Å². The highest BCUT2D eigenvalue weighted by Crippen LogP contribution is 2.37. The van der Waals surface area contributed by atoms with Crippen LogP contribution in [-0.4, -0.2) is 43.1 Å². The van der Waals surface area contributed by atoms with Crippen LogP contribution in [0.4, 0.5) is 0 Å². The first-order valence-corrected chi connectivity index (χ1v) is 11.6. The van der Waals surface area contributed by atoms with Crippen molar-refractivity contribution in [1.82, 2.24) is 9.88 Å². The van der Waals surface area contributed by atoms with Gasteiger partial charge in [0, 0.05) is 36.3 Å². The van der Waals surface area contributed by atoms with Crippen LogP contribution >= 0.6 is 0 Å². The van der Waals surface area contributed by atoms with E-state index in [0.29, 0.717) is 23.0 Å². The minimum atomic E-state index is 0.0733. The lowest BCUT2D eigenvalue weighted by Gasteiger charge is -2.22. The molecule has 0 bridgehead atoms. The number of hydrogen-bond donors (Lipinski definition) is 0. The normalized spacial score (nSPS) is 10.9. The lowest BCUT2D eigenvalue weighted by molar-refractivity contribution is 0.0757. The van der Waals surface area contributed by atoms with Crippen LogP contribution in [0, 0.1) is 0 Å². The first-order chi connectivity index (χ1) is 16.6. The molecular weight excluding hydrogens is 428 g/mol. The van der Waals surface area contributed by atoms with Crippen molar-refractivity contribution in [3.8, 4) is 23.0 Å². The first kappa shape index (κ1) is 23.4. The third kappa shape index (κ3) is 4.62. The van der Waals surface area contributed by atoms with E-state index in [0.717, 1.165) is 53.2 Å². The van der Waals surface area contributed by atoms with Gasteiger partial charge in [0.05, 0.1) is 19.7 Å². The maximum Gasteiger partial charge on any atom is 0.254 e. The fourth-order valence-electron chi connectivity index (χ4n) is 4.20. The van der Waals surface area contributed by atoms with Crippen LogP contribution in [0.15, 0.2) is 60.8 Å². The van der Waals surface area contributed by atoms with Gasteiger partial charge in [-0.3, -0.25) is 9.78 Å². The molecule has 0 saturated heterocycles. The lowest BCUT2D eigenvalue weighted by Crippen LogP contribution is -2.32. The summed E-state index contributed by atoms with van der Waals surface area (Å²) in [5.74, 6) is 2.64. The predicted octanol–water partition coefficient (Wildman–Crippen LogP) is 6.46. The Morgan fingerprint density at radius 2 is 1.59 bits per heavy atom. The summed E-state index contributed by atoms with van der Waals surface area (Å²) in [5.41, 5.74) is 1.47. The van der Waals surface area contributed by atoms with E-state index < -0.39 is 0 Å². The molecule has 0 spiro atoms. The molecule has 0 aliphatic carbocycles. The van der Waals surface area contributed by atoms with Gasteiger partial charge >= 0.3 is 0 Å². The fourth-order valence-corrected chi connectivity index (χ4v) is 4.20. The van der Waals surface area contributed by atoms with Gasteiger partial charge in [-0.25, -0.2) is 0 Å². The summed E-state index contributed by atoms with van der Waals surface area (Å²) in [7, 11) is 3.20. The van der Waals surface area contributed by atoms with Crippen LogP contribution in [0.2, 0.25) is 0 Å². The zero-order chi connectivity index (χ0) is 24.1. The molecule has 1 amide bonds. The zero-order valence-electron chi connectivity index (χ0n) is 20.1. The quantitative estimate of drug-likeness (QED) is 0.288. The van der Waals surface area contributed by atoms with Gasteiger partial charge < -0.3 is 19.1 Å². The van der Waals surface area contributed by atoms with Gasteiger partial charge in [0.2, 0.25) is 0 Å². The summed E-state index contributed by atoms with van der Waals surface area (Å²) < 4.78 is 17.1. The molecule has 0 aliphatic heterocycles. The lowest BCUT2D eigenvalue weighted by atomic mass is 10.0. The molecule has 6 nitrogen and oxygen atoms in total. The molecule has 0 saturated carbocycles. The van der Waals surface area contributed by atoms with Crippen LogP contribution in [0.25, 0.3) is 21.7 Å². The van der Waals surface area contributed by atoms with E-state index in [2.05, 4.69) is 18.8 Å². The number of amides is 1. The number of rotatable bonds is 9. The Hall–Kier alpha value is -3.80. The van der Waals surface area contributed by atoms with Crippen LogP contribution in [0.5, 0.6) is 23.0 Å². The number of carbonyl (C=O) groups is 1. The average Bonchev–Trinajstić information content (AvgIpc) is 2.87. The van der Waals surface area contributed by atoms with Crippen molar-refractivity contribution >= 4 is 27.6 Å². The van der Waals surface area contributed by atoms with Gasteiger partial charge in [-0.2, -0.15) is 0 Å². The SMILES string of the molecule is CCCN(CCC)C(=O)c1cccc2cc(Oc3ccnc4cc(OC)c(OC)cc34)ccc12. The van der Waals surface area contributed by atoms with Gasteiger partial charge in [0.25, 0.3) is 5.91 Å². The van der Waals surface area contributed by atoms with Gasteiger partial charge in [-0.1, -0.05) is 26.0 Å². The van der Waals surface area contributed by atoms with Gasteiger partial charge in [-0.05, 0) is 60.0 Å². The molecule has 0 unspecified atom stereocenters. The summed E-state index contributed by atoms with van der Waals surface area (Å²) >= 11 is 0. The summed E-state index contributed by atoms with van der Waals surface area (Å²) in [4.78, 5) is 19.6. The standard InChI is InChI=1S/C28H30N2O4/c1-5-14-30(15-6-2)28(31)22-9-7-8-19-16-20(10-11-21(19)22)34-25-12-13-29-24-18-27(33-4)26(32-3)17-23(24)25/h7-13,16-18H,5-6,14-15H2,1-4H3. The molecule has 176 valence electrons. The summed E-state index contributed by atoms with van der Waals surface area (Å²) in [6.07, 6.45) is 3.58. The Bertz CT molecular complexity index is 1310. The Morgan fingerprint density at radius 3 is 2.29 bits per heavy atom. The highest BCUT2D eigenvalue weighted by molar-refractivity contribution is 6.07. The van der Waals surface area contributed by atoms with E-state index in [1.165, 1.54) is 0 Å². The summed E-state index contributed by atoms with van der Waals surface area (Å²) in [5, 5.41) is 2.69. The number of aromatic nitrogens is 1. The number of ether oxygens (including phenoxy) is 3. The van der Waals surface area contributed by atoms with Crippen molar-refractivity contribution in [2.24, 2.45) is 0 Å². The monoisotopic (exact) mass is 458 g/mol. The predicted molar refractivity (Wildman–Crippen MR) is 135 cm³/mol. The van der Waals surface area contributed by atoms with Crippen molar-refractivity contribution in [2.75, 3.05) is 27.3 Å². The van der Waals surface area contributed by atoms with Crippen molar-refractivity contribution in [2.45, 2.75) is 26.7 Å². The van der Waals surface area contributed by atoms with E-state index in [4.69, 9.17) is 14.2 Å². The number of methoxy groups -OCH3 is 2. The largest absolute Gasteiger partial charge is 0.493 e. The fraction of sp³-hybridized carbons (Fsp3) is 0.286. The van der Waals surface area contributed by atoms with E-state index in [9.17, 15) is 4.79 Å². The minimum absolute atomic E-state index is 0.0733. The van der Waals surface area contributed by atoms with E-state index in [1.54, 1.807) is 20.4 Å². The summed E-state index contributed by atoms with van der Waals surface area (Å²) in [6.45, 7) is 5.70. The molecular formula is C28H30N2O4. The highest BCUT2D eigenvalue weighted by atomic mass is 16.5. The molecule has 0 N–H and O–H groups in total. The number of fused-ring (bicyclic) bond motifs is 2. The van der Waals surface area contributed by atoms with Crippen LogP contribution in [-0.2, 0) is 0 Å². The average molecular weight is 459 g/mol. The molecule has 1 aromatic heterocycles. The first-order valence-electron chi connectivity index (χ1n) is 11.6. The molecule has 0 radical (unpaired) electrons. The molecule has 3 aromatic carbocycles. The zero-order valence-corrected chi connectivity index (χ0v) is 20.1. The molecule has 0 fully saturated rings. The second kappa shape index (κ2) is 10.4. The molecule has 0 aliphatic rings. The molecule has 0 atom stereocenters. The third-order valence-corrected chi connectivity index (χ3v) is 5.79. The van der Waals surface area contributed by atoms with Gasteiger partial charge in [0.1, 0.15) is 11.5 Å². The van der Waals surface area contributed by atoms with Crippen LogP contribution in [0.1, 0.15) is 37.0 Å². The minimum Gasteiger partial charge on any atom is -0.493 e. The molecule has 34 heavy (non-hydrogen) atoms. The number of carbonyl (C=O) groups excluding carboxylic acids is 1. The number of pyridine rings is 1. The maximum atomic E-state index is 13.2. The Morgan fingerprint density at radius 1 is 0.853 bits per heavy atom. The molecule has 4 aromatic rings. The Kier molecular flexibility index (Phi) is 7.16. The molecule has 6 heteroatoms. The smallest absolute Gasteiger partial charge is 0.254 e. The summed E-state index contributed by atoms with van der Waals surface area (Å²) in [6, 6.07) is 17.2. The van der Waals surface area contributed by atoms with Gasteiger partial charge in [-0.15, -0.1) is 0 Å². The van der Waals surface area contributed by atoms with Crippen molar-refractivity contribution in [3.05, 3.63) is 66.4 Å².